The number of hydrogen-bond acceptors (Lipinski definition) is 5. The van der Waals surface area contributed by atoms with Gasteiger partial charge in [0.25, 0.3) is 5.91 Å². The molecule has 1 aliphatic rings. The zero-order valence-corrected chi connectivity index (χ0v) is 14.5. The van der Waals surface area contributed by atoms with Crippen molar-refractivity contribution in [3.8, 4) is 0 Å². The molecule has 24 heavy (non-hydrogen) atoms. The largest absolute Gasteiger partial charge is 0.408 e. The summed E-state index contributed by atoms with van der Waals surface area (Å²) in [7, 11) is 0. The van der Waals surface area contributed by atoms with Crippen LogP contribution in [0.5, 0.6) is 0 Å². The van der Waals surface area contributed by atoms with E-state index in [1.165, 1.54) is 5.56 Å². The molecule has 3 rings (SSSR count). The summed E-state index contributed by atoms with van der Waals surface area (Å²) in [5.74, 6) is 1.21. The topological polar surface area (TPSA) is 62.5 Å². The van der Waals surface area contributed by atoms with E-state index in [0.717, 1.165) is 12.0 Å². The van der Waals surface area contributed by atoms with E-state index < -0.39 is 0 Å². The molecular weight excluding hydrogens is 304 g/mol. The Labute approximate surface area is 142 Å². The molecule has 2 aromatic rings. The Balaban J connectivity index is 1.60. The van der Waals surface area contributed by atoms with Gasteiger partial charge in [0.2, 0.25) is 5.89 Å². The van der Waals surface area contributed by atoms with Crippen LogP contribution in [0, 0.1) is 0 Å². The molecular formula is C18H24N4O2. The highest BCUT2D eigenvalue weighted by Crippen LogP contribution is 2.18. The SMILES string of the molecule is CCc1nnc(N2CCN(C(=O)c3ccc(C(C)C)cc3)CC2)o1. The summed E-state index contributed by atoms with van der Waals surface area (Å²) in [5, 5.41) is 8.07. The number of carbonyl (C=O) groups is 1. The monoisotopic (exact) mass is 328 g/mol. The third-order valence-corrected chi connectivity index (χ3v) is 4.42. The van der Waals surface area contributed by atoms with E-state index in [1.54, 1.807) is 0 Å². The lowest BCUT2D eigenvalue weighted by atomic mass is 10.0. The maximum absolute atomic E-state index is 12.6. The second-order valence-corrected chi connectivity index (χ2v) is 6.39. The van der Waals surface area contributed by atoms with Crippen molar-refractivity contribution in [1.29, 1.82) is 0 Å². The van der Waals surface area contributed by atoms with Crippen LogP contribution in [0.25, 0.3) is 0 Å². The van der Waals surface area contributed by atoms with Gasteiger partial charge in [-0.15, -0.1) is 5.10 Å². The summed E-state index contributed by atoms with van der Waals surface area (Å²) in [5.41, 5.74) is 2.00. The highest BCUT2D eigenvalue weighted by atomic mass is 16.4. The molecule has 128 valence electrons. The fourth-order valence-electron chi connectivity index (χ4n) is 2.81. The Bertz CT molecular complexity index is 685. The molecule has 1 saturated heterocycles. The number of carbonyl (C=O) groups excluding carboxylic acids is 1. The van der Waals surface area contributed by atoms with Gasteiger partial charge < -0.3 is 14.2 Å². The molecule has 1 aromatic carbocycles. The normalized spacial score (nSPS) is 15.2. The van der Waals surface area contributed by atoms with Crippen molar-refractivity contribution in [2.45, 2.75) is 33.1 Å². The van der Waals surface area contributed by atoms with Gasteiger partial charge in [0, 0.05) is 38.2 Å². The number of hydrogen-bond donors (Lipinski definition) is 0. The molecule has 0 bridgehead atoms. The van der Waals surface area contributed by atoms with Crippen molar-refractivity contribution in [1.82, 2.24) is 15.1 Å². The molecule has 1 aliphatic heterocycles. The molecule has 0 N–H and O–H groups in total. The Kier molecular flexibility index (Phi) is 4.83. The molecule has 0 spiro atoms. The number of amides is 1. The zero-order valence-electron chi connectivity index (χ0n) is 14.5. The van der Waals surface area contributed by atoms with Gasteiger partial charge in [0.05, 0.1) is 0 Å². The first kappa shape index (κ1) is 16.5. The second kappa shape index (κ2) is 7.03. The van der Waals surface area contributed by atoms with Crippen molar-refractivity contribution in [3.05, 3.63) is 41.3 Å². The van der Waals surface area contributed by atoms with Crippen molar-refractivity contribution < 1.29 is 9.21 Å². The van der Waals surface area contributed by atoms with Gasteiger partial charge in [-0.1, -0.05) is 38.0 Å². The summed E-state index contributed by atoms with van der Waals surface area (Å²) in [6, 6.07) is 8.49. The first-order valence-electron chi connectivity index (χ1n) is 8.55. The van der Waals surface area contributed by atoms with Crippen molar-refractivity contribution in [2.75, 3.05) is 31.1 Å². The van der Waals surface area contributed by atoms with E-state index in [2.05, 4.69) is 24.0 Å². The maximum Gasteiger partial charge on any atom is 0.318 e. The summed E-state index contributed by atoms with van der Waals surface area (Å²) >= 11 is 0. The van der Waals surface area contributed by atoms with E-state index in [9.17, 15) is 4.79 Å². The lowest BCUT2D eigenvalue weighted by Crippen LogP contribution is -2.48. The Hall–Kier alpha value is -2.37. The van der Waals surface area contributed by atoms with Crippen LogP contribution in [-0.4, -0.2) is 47.2 Å². The van der Waals surface area contributed by atoms with Gasteiger partial charge in [0.15, 0.2) is 0 Å². The third kappa shape index (κ3) is 3.42. The zero-order chi connectivity index (χ0) is 17.1. The van der Waals surface area contributed by atoms with E-state index in [1.807, 2.05) is 41.0 Å². The molecule has 6 nitrogen and oxygen atoms in total. The average Bonchev–Trinajstić information content (AvgIpc) is 3.10. The van der Waals surface area contributed by atoms with E-state index in [-0.39, 0.29) is 5.91 Å². The quantitative estimate of drug-likeness (QED) is 0.863. The first-order chi connectivity index (χ1) is 11.6. The van der Waals surface area contributed by atoms with Crippen LogP contribution in [0.4, 0.5) is 6.01 Å². The number of aryl methyl sites for hydroxylation is 1. The number of rotatable bonds is 4. The molecule has 1 aromatic heterocycles. The summed E-state index contributed by atoms with van der Waals surface area (Å²) in [4.78, 5) is 16.6. The molecule has 1 fully saturated rings. The molecule has 0 atom stereocenters. The minimum atomic E-state index is 0.0877. The average molecular weight is 328 g/mol. The van der Waals surface area contributed by atoms with Crippen LogP contribution in [0.2, 0.25) is 0 Å². The first-order valence-corrected chi connectivity index (χ1v) is 8.55. The molecule has 2 heterocycles. The number of anilines is 1. The predicted octanol–water partition coefficient (Wildman–Crippen LogP) is 2.72. The standard InChI is InChI=1S/C18H24N4O2/c1-4-16-19-20-18(24-16)22-11-9-21(10-12-22)17(23)15-7-5-14(6-8-15)13(2)3/h5-8,13H,4,9-12H2,1-3H3. The second-order valence-electron chi connectivity index (χ2n) is 6.39. The highest BCUT2D eigenvalue weighted by molar-refractivity contribution is 5.94. The minimum absolute atomic E-state index is 0.0877. The van der Waals surface area contributed by atoms with Crippen LogP contribution in [0.3, 0.4) is 0 Å². The van der Waals surface area contributed by atoms with Gasteiger partial charge in [0.1, 0.15) is 0 Å². The van der Waals surface area contributed by atoms with E-state index in [4.69, 9.17) is 4.42 Å². The smallest absolute Gasteiger partial charge is 0.318 e. The lowest BCUT2D eigenvalue weighted by molar-refractivity contribution is 0.0745. The van der Waals surface area contributed by atoms with Gasteiger partial charge >= 0.3 is 6.01 Å². The number of piperazine rings is 1. The molecule has 0 unspecified atom stereocenters. The van der Waals surface area contributed by atoms with Crippen LogP contribution in [0.1, 0.15) is 48.5 Å². The third-order valence-electron chi connectivity index (χ3n) is 4.42. The Morgan fingerprint density at radius 2 is 1.79 bits per heavy atom. The van der Waals surface area contributed by atoms with Crippen LogP contribution in [-0.2, 0) is 6.42 Å². The van der Waals surface area contributed by atoms with Crippen molar-refractivity contribution in [3.63, 3.8) is 0 Å². The number of benzene rings is 1. The Morgan fingerprint density at radius 1 is 1.12 bits per heavy atom. The highest BCUT2D eigenvalue weighted by Gasteiger charge is 2.24. The minimum Gasteiger partial charge on any atom is -0.408 e. The van der Waals surface area contributed by atoms with Gasteiger partial charge in [-0.2, -0.15) is 0 Å². The molecule has 1 amide bonds. The Morgan fingerprint density at radius 3 is 2.33 bits per heavy atom. The van der Waals surface area contributed by atoms with Crippen LogP contribution < -0.4 is 4.90 Å². The number of aromatic nitrogens is 2. The maximum atomic E-state index is 12.6. The molecule has 0 saturated carbocycles. The molecule has 0 aliphatic carbocycles. The summed E-state index contributed by atoms with van der Waals surface area (Å²) in [6.07, 6.45) is 0.734. The van der Waals surface area contributed by atoms with Crippen LogP contribution >= 0.6 is 0 Å². The van der Waals surface area contributed by atoms with Crippen molar-refractivity contribution in [2.24, 2.45) is 0 Å². The van der Waals surface area contributed by atoms with Crippen LogP contribution in [0.15, 0.2) is 28.7 Å². The van der Waals surface area contributed by atoms with E-state index >= 15 is 0 Å². The van der Waals surface area contributed by atoms with Crippen molar-refractivity contribution >= 4 is 11.9 Å². The summed E-state index contributed by atoms with van der Waals surface area (Å²) in [6.45, 7) is 9.03. The van der Waals surface area contributed by atoms with Gasteiger partial charge in [-0.3, -0.25) is 4.79 Å². The fourth-order valence-corrected chi connectivity index (χ4v) is 2.81. The van der Waals surface area contributed by atoms with E-state index in [0.29, 0.717) is 44.0 Å². The van der Waals surface area contributed by atoms with Gasteiger partial charge in [-0.25, -0.2) is 0 Å². The number of nitrogens with zero attached hydrogens (tertiary/aromatic N) is 4. The summed E-state index contributed by atoms with van der Waals surface area (Å²) < 4.78 is 5.59. The van der Waals surface area contributed by atoms with Gasteiger partial charge in [-0.05, 0) is 23.6 Å². The predicted molar refractivity (Wildman–Crippen MR) is 92.3 cm³/mol. The molecule has 0 radical (unpaired) electrons. The molecule has 6 heteroatoms. The lowest BCUT2D eigenvalue weighted by Gasteiger charge is -2.33. The fraction of sp³-hybridized carbons (Fsp3) is 0.500.